The van der Waals surface area contributed by atoms with Gasteiger partial charge in [-0.05, 0) is 81.1 Å². The Hall–Kier alpha value is -0.240. The minimum Gasteiger partial charge on any atom is -0.255 e. The van der Waals surface area contributed by atoms with Crippen molar-refractivity contribution in [3.8, 4) is 0 Å². The molecule has 0 amide bonds. The van der Waals surface area contributed by atoms with Crippen LogP contribution in [0.25, 0.3) is 0 Å². The van der Waals surface area contributed by atoms with E-state index in [0.29, 0.717) is 0 Å². The highest BCUT2D eigenvalue weighted by Gasteiger charge is 2.31. The second-order valence-corrected chi connectivity index (χ2v) is 8.58. The van der Waals surface area contributed by atoms with Crippen LogP contribution in [0.2, 0.25) is 0 Å². The smallest absolute Gasteiger partial charge is 0.0981 e. The summed E-state index contributed by atoms with van der Waals surface area (Å²) in [5.74, 6) is 0. The largest absolute Gasteiger partial charge is 0.255 e. The van der Waals surface area contributed by atoms with Crippen molar-refractivity contribution in [1.29, 1.82) is 0 Å². The molecule has 0 aliphatic carbocycles. The van der Waals surface area contributed by atoms with Gasteiger partial charge >= 0.3 is 0 Å². The van der Waals surface area contributed by atoms with E-state index in [2.05, 4.69) is 13.8 Å². The molecule has 0 radical (unpaired) electrons. The van der Waals surface area contributed by atoms with Gasteiger partial charge in [-0.3, -0.25) is 10.5 Å². The minimum atomic E-state index is -0.368. The Morgan fingerprint density at radius 1 is 0.500 bits per heavy atom. The van der Waals surface area contributed by atoms with Crippen LogP contribution in [-0.2, 0) is 19.6 Å². The summed E-state index contributed by atoms with van der Waals surface area (Å²) in [4.78, 5) is 22.4. The van der Waals surface area contributed by atoms with Crippen LogP contribution in [0.4, 0.5) is 0 Å². The molecule has 148 valence electrons. The zero-order valence-electron chi connectivity index (χ0n) is 17.4. The first-order valence-corrected chi connectivity index (χ1v) is 8.68. The lowest BCUT2D eigenvalue weighted by Crippen LogP contribution is -2.36. The van der Waals surface area contributed by atoms with Crippen molar-refractivity contribution in [2.24, 2.45) is 0 Å². The first-order chi connectivity index (χ1) is 10.7. The fourth-order valence-corrected chi connectivity index (χ4v) is 1.25. The predicted molar refractivity (Wildman–Crippen MR) is 95.7 cm³/mol. The van der Waals surface area contributed by atoms with Crippen molar-refractivity contribution < 1.29 is 30.1 Å². The van der Waals surface area contributed by atoms with E-state index in [9.17, 15) is 0 Å². The van der Waals surface area contributed by atoms with Crippen LogP contribution in [0.3, 0.4) is 0 Å². The summed E-state index contributed by atoms with van der Waals surface area (Å²) >= 11 is 0. The molecule has 0 aliphatic heterocycles. The van der Waals surface area contributed by atoms with Gasteiger partial charge in [0.2, 0.25) is 0 Å². The normalized spacial score (nSPS) is 13.5. The van der Waals surface area contributed by atoms with Gasteiger partial charge in [-0.2, -0.15) is 0 Å². The lowest BCUT2D eigenvalue weighted by atomic mass is 9.94. The predicted octanol–water partition coefficient (Wildman–Crippen LogP) is 5.61. The Balaban J connectivity index is 0. The molecular formula is C18H40O6. The summed E-state index contributed by atoms with van der Waals surface area (Å²) in [6, 6.07) is 0. The minimum absolute atomic E-state index is 0.266. The van der Waals surface area contributed by atoms with Crippen molar-refractivity contribution in [2.45, 2.75) is 117 Å². The third-order valence-corrected chi connectivity index (χ3v) is 4.02. The van der Waals surface area contributed by atoms with Gasteiger partial charge < -0.3 is 0 Å². The van der Waals surface area contributed by atoms with E-state index in [1.165, 1.54) is 0 Å². The molecular weight excluding hydrogens is 312 g/mol. The quantitative estimate of drug-likeness (QED) is 0.371. The van der Waals surface area contributed by atoms with Crippen molar-refractivity contribution in [3.05, 3.63) is 0 Å². The SMILES string of the molecule is CCC(C)(C)OOC(C)(C)CCC(C)(C)OOC(C)(C)CC.OO. The Morgan fingerprint density at radius 2 is 0.708 bits per heavy atom. The van der Waals surface area contributed by atoms with Gasteiger partial charge in [-0.1, -0.05) is 13.8 Å². The maximum Gasteiger partial charge on any atom is 0.0981 e. The van der Waals surface area contributed by atoms with Crippen LogP contribution < -0.4 is 0 Å². The summed E-state index contributed by atoms with van der Waals surface area (Å²) in [7, 11) is 0. The fourth-order valence-electron chi connectivity index (χ4n) is 1.25. The molecule has 0 unspecified atom stereocenters. The van der Waals surface area contributed by atoms with Gasteiger partial charge in [0.1, 0.15) is 0 Å². The molecule has 0 aromatic heterocycles. The van der Waals surface area contributed by atoms with E-state index in [1.54, 1.807) is 0 Å². The van der Waals surface area contributed by atoms with Crippen molar-refractivity contribution in [1.82, 2.24) is 0 Å². The summed E-state index contributed by atoms with van der Waals surface area (Å²) in [5, 5.41) is 12.0. The molecule has 0 saturated heterocycles. The maximum absolute atomic E-state index is 6.00. The average molecular weight is 353 g/mol. The molecule has 0 atom stereocenters. The maximum atomic E-state index is 6.00. The molecule has 0 heterocycles. The first kappa shape index (κ1) is 26.0. The van der Waals surface area contributed by atoms with E-state index in [0.717, 1.165) is 25.7 Å². The van der Waals surface area contributed by atoms with E-state index in [1.807, 2.05) is 55.4 Å². The molecule has 2 N–H and O–H groups in total. The Labute approximate surface area is 148 Å². The zero-order valence-corrected chi connectivity index (χ0v) is 17.4. The van der Waals surface area contributed by atoms with Gasteiger partial charge in [0.25, 0.3) is 0 Å². The van der Waals surface area contributed by atoms with E-state index < -0.39 is 0 Å². The monoisotopic (exact) mass is 352 g/mol. The summed E-state index contributed by atoms with van der Waals surface area (Å²) in [6.07, 6.45) is 3.43. The third-order valence-electron chi connectivity index (χ3n) is 4.02. The second kappa shape index (κ2) is 10.7. The molecule has 0 fully saturated rings. The van der Waals surface area contributed by atoms with Gasteiger partial charge in [-0.25, -0.2) is 19.6 Å². The molecule has 6 nitrogen and oxygen atoms in total. The lowest BCUT2D eigenvalue weighted by Gasteiger charge is -2.34. The standard InChI is InChI=1S/C18H38O4.H2O2/c1-11-15(3,4)19-21-17(7,8)13-14-18(9,10)22-20-16(5,6)12-2;1-2/h11-14H2,1-10H3;1-2H. The Bertz CT molecular complexity index is 291. The second-order valence-electron chi connectivity index (χ2n) is 8.58. The molecule has 0 aromatic carbocycles. The fraction of sp³-hybridized carbons (Fsp3) is 1.00. The van der Waals surface area contributed by atoms with E-state index >= 15 is 0 Å². The van der Waals surface area contributed by atoms with Gasteiger partial charge in [0.15, 0.2) is 0 Å². The first-order valence-electron chi connectivity index (χ1n) is 8.68. The number of rotatable bonds is 11. The number of hydrogen-bond acceptors (Lipinski definition) is 6. The van der Waals surface area contributed by atoms with Crippen LogP contribution >= 0.6 is 0 Å². The third kappa shape index (κ3) is 13.1. The summed E-state index contributed by atoms with van der Waals surface area (Å²) < 4.78 is 0. The highest BCUT2D eigenvalue weighted by Crippen LogP contribution is 2.28. The molecule has 0 saturated carbocycles. The van der Waals surface area contributed by atoms with Gasteiger partial charge in [-0.15, -0.1) is 0 Å². The number of hydrogen-bond donors (Lipinski definition) is 2. The van der Waals surface area contributed by atoms with Crippen LogP contribution in [0.1, 0.15) is 94.9 Å². The van der Waals surface area contributed by atoms with Gasteiger partial charge in [0, 0.05) is 0 Å². The summed E-state index contributed by atoms with van der Waals surface area (Å²) in [5.41, 5.74) is -1.27. The van der Waals surface area contributed by atoms with Crippen LogP contribution in [0.5, 0.6) is 0 Å². The van der Waals surface area contributed by atoms with E-state index in [-0.39, 0.29) is 22.4 Å². The molecule has 0 bridgehead atoms. The van der Waals surface area contributed by atoms with E-state index in [4.69, 9.17) is 30.1 Å². The Morgan fingerprint density at radius 3 is 0.917 bits per heavy atom. The molecule has 0 aliphatic rings. The van der Waals surface area contributed by atoms with Crippen molar-refractivity contribution >= 4 is 0 Å². The zero-order chi connectivity index (χ0) is 19.7. The Kier molecular flexibility index (Phi) is 11.6. The molecule has 0 aromatic rings. The lowest BCUT2D eigenvalue weighted by molar-refractivity contribution is -0.414. The van der Waals surface area contributed by atoms with Crippen LogP contribution in [-0.4, -0.2) is 32.9 Å². The highest BCUT2D eigenvalue weighted by molar-refractivity contribution is 4.76. The highest BCUT2D eigenvalue weighted by atomic mass is 17.2. The van der Waals surface area contributed by atoms with Crippen molar-refractivity contribution in [3.63, 3.8) is 0 Å². The molecule has 0 spiro atoms. The molecule has 6 heteroatoms. The molecule has 24 heavy (non-hydrogen) atoms. The topological polar surface area (TPSA) is 77.4 Å². The molecule has 0 rings (SSSR count). The summed E-state index contributed by atoms with van der Waals surface area (Å²) in [6.45, 7) is 20.4. The van der Waals surface area contributed by atoms with Crippen LogP contribution in [0.15, 0.2) is 0 Å². The van der Waals surface area contributed by atoms with Gasteiger partial charge in [0.05, 0.1) is 22.4 Å². The van der Waals surface area contributed by atoms with Crippen LogP contribution in [0, 0.1) is 0 Å². The average Bonchev–Trinajstić information content (AvgIpc) is 2.52. The van der Waals surface area contributed by atoms with Crippen molar-refractivity contribution in [2.75, 3.05) is 0 Å².